The molecule has 0 radical (unpaired) electrons. The van der Waals surface area contributed by atoms with Crippen molar-refractivity contribution in [2.45, 2.75) is 26.7 Å². The maximum Gasteiger partial charge on any atom is 0.169 e. The fourth-order valence-corrected chi connectivity index (χ4v) is 3.13. The van der Waals surface area contributed by atoms with Gasteiger partial charge in [0.2, 0.25) is 0 Å². The number of benzene rings is 2. The van der Waals surface area contributed by atoms with Gasteiger partial charge in [0.15, 0.2) is 5.78 Å². The van der Waals surface area contributed by atoms with Crippen LogP contribution in [0.5, 0.6) is 0 Å². The second-order valence-electron chi connectivity index (χ2n) is 7.15. The van der Waals surface area contributed by atoms with E-state index in [1.165, 1.54) is 0 Å². The summed E-state index contributed by atoms with van der Waals surface area (Å²) in [7, 11) is 0. The van der Waals surface area contributed by atoms with Gasteiger partial charge in [0.25, 0.3) is 0 Å². The highest BCUT2D eigenvalue weighted by Crippen LogP contribution is 2.38. The monoisotopic (exact) mass is 334 g/mol. The molecule has 0 atom stereocenters. The van der Waals surface area contributed by atoms with Crippen LogP contribution in [0.1, 0.15) is 32.3 Å². The number of hydrogen-bond acceptors (Lipinski definition) is 4. The van der Waals surface area contributed by atoms with E-state index in [0.29, 0.717) is 41.1 Å². The van der Waals surface area contributed by atoms with Crippen LogP contribution in [0.2, 0.25) is 0 Å². The van der Waals surface area contributed by atoms with E-state index in [1.807, 2.05) is 50.2 Å². The van der Waals surface area contributed by atoms with Gasteiger partial charge in [-0.05, 0) is 24.0 Å². The van der Waals surface area contributed by atoms with Crippen LogP contribution in [-0.2, 0) is 4.79 Å². The molecular formula is C21H22N2O2. The highest BCUT2D eigenvalue weighted by molar-refractivity contribution is 6.28. The first-order chi connectivity index (χ1) is 11.9. The molecule has 4 heteroatoms. The molecule has 3 N–H and O–H groups in total. The number of hydrogen-bond donors (Lipinski definition) is 2. The van der Waals surface area contributed by atoms with E-state index in [0.717, 1.165) is 0 Å². The van der Waals surface area contributed by atoms with E-state index in [2.05, 4.69) is 4.99 Å². The standard InChI is InChI=1S/C21H22N2O2/c1-21(2)12-17(23-16-11-7-6-10-15(16)22)19(18(24)13-21)20(25)14-8-4-3-5-9-14/h3-11,25H,12-13,22H2,1-2H3. The van der Waals surface area contributed by atoms with Gasteiger partial charge in [-0.1, -0.05) is 56.3 Å². The van der Waals surface area contributed by atoms with Crippen molar-refractivity contribution < 1.29 is 9.90 Å². The smallest absolute Gasteiger partial charge is 0.169 e. The van der Waals surface area contributed by atoms with Crippen molar-refractivity contribution in [2.75, 3.05) is 5.73 Å². The Morgan fingerprint density at radius 1 is 1.04 bits per heavy atom. The van der Waals surface area contributed by atoms with Crippen molar-refractivity contribution in [3.8, 4) is 0 Å². The number of carbonyl (C=O) groups is 1. The van der Waals surface area contributed by atoms with Crippen molar-refractivity contribution in [1.29, 1.82) is 0 Å². The molecule has 0 aromatic heterocycles. The van der Waals surface area contributed by atoms with E-state index in [-0.39, 0.29) is 17.0 Å². The number of nitrogens with two attached hydrogens (primary N) is 1. The fraction of sp³-hybridized carbons (Fsp3) is 0.238. The lowest BCUT2D eigenvalue weighted by atomic mass is 9.73. The van der Waals surface area contributed by atoms with E-state index >= 15 is 0 Å². The first-order valence-electron chi connectivity index (χ1n) is 8.32. The largest absolute Gasteiger partial charge is 0.506 e. The van der Waals surface area contributed by atoms with Crippen molar-refractivity contribution in [2.24, 2.45) is 10.4 Å². The number of para-hydroxylation sites is 2. The lowest BCUT2D eigenvalue weighted by Crippen LogP contribution is -2.32. The summed E-state index contributed by atoms with van der Waals surface area (Å²) >= 11 is 0. The molecule has 3 rings (SSSR count). The maximum atomic E-state index is 12.8. The van der Waals surface area contributed by atoms with Gasteiger partial charge in [-0.2, -0.15) is 0 Å². The molecule has 0 unspecified atom stereocenters. The Balaban J connectivity index is 2.17. The third-order valence-corrected chi connectivity index (χ3v) is 4.33. The van der Waals surface area contributed by atoms with Crippen LogP contribution in [0.25, 0.3) is 5.76 Å². The van der Waals surface area contributed by atoms with Crippen LogP contribution in [0.4, 0.5) is 11.4 Å². The molecular weight excluding hydrogens is 312 g/mol. The van der Waals surface area contributed by atoms with Gasteiger partial charge in [0.05, 0.1) is 22.7 Å². The maximum absolute atomic E-state index is 12.8. The highest BCUT2D eigenvalue weighted by atomic mass is 16.3. The summed E-state index contributed by atoms with van der Waals surface area (Å²) in [6, 6.07) is 16.4. The van der Waals surface area contributed by atoms with Crippen LogP contribution >= 0.6 is 0 Å². The molecule has 0 heterocycles. The number of nitrogens with zero attached hydrogens (tertiary/aromatic N) is 1. The molecule has 2 aromatic carbocycles. The number of aliphatic imine (C=N–C) groups is 1. The number of ketones is 1. The Morgan fingerprint density at radius 3 is 2.36 bits per heavy atom. The average molecular weight is 334 g/mol. The number of carbonyl (C=O) groups excluding carboxylic acids is 1. The molecule has 0 bridgehead atoms. The summed E-state index contributed by atoms with van der Waals surface area (Å²) in [5, 5.41) is 10.8. The highest BCUT2D eigenvalue weighted by Gasteiger charge is 2.36. The summed E-state index contributed by atoms with van der Waals surface area (Å²) in [6.45, 7) is 4.07. The zero-order valence-corrected chi connectivity index (χ0v) is 14.5. The Morgan fingerprint density at radius 2 is 1.68 bits per heavy atom. The van der Waals surface area contributed by atoms with Crippen LogP contribution in [0, 0.1) is 5.41 Å². The van der Waals surface area contributed by atoms with E-state index < -0.39 is 0 Å². The Labute approximate surface area is 147 Å². The molecule has 0 saturated heterocycles. The molecule has 2 aromatic rings. The number of nitrogen functional groups attached to an aromatic ring is 1. The molecule has 4 nitrogen and oxygen atoms in total. The van der Waals surface area contributed by atoms with Crippen LogP contribution in [0.15, 0.2) is 65.2 Å². The van der Waals surface area contributed by atoms with Crippen molar-refractivity contribution in [3.63, 3.8) is 0 Å². The Hall–Kier alpha value is -2.88. The second-order valence-corrected chi connectivity index (χ2v) is 7.15. The number of Topliss-reactive ketones (excluding diaryl/α,β-unsaturated/α-hetero) is 1. The summed E-state index contributed by atoms with van der Waals surface area (Å²) in [5.41, 5.74) is 8.45. The summed E-state index contributed by atoms with van der Waals surface area (Å²) in [4.78, 5) is 17.4. The Bertz CT molecular complexity index is 864. The summed E-state index contributed by atoms with van der Waals surface area (Å²) in [5.74, 6) is -0.111. The minimum absolute atomic E-state index is 0.0191. The predicted octanol–water partition coefficient (Wildman–Crippen LogP) is 4.70. The van der Waals surface area contributed by atoms with Gasteiger partial charge in [-0.25, -0.2) is 0 Å². The van der Waals surface area contributed by atoms with Gasteiger partial charge in [0.1, 0.15) is 5.76 Å². The van der Waals surface area contributed by atoms with Crippen molar-refractivity contribution in [3.05, 3.63) is 65.7 Å². The molecule has 1 fully saturated rings. The van der Waals surface area contributed by atoms with E-state index in [1.54, 1.807) is 18.2 Å². The molecule has 0 amide bonds. The quantitative estimate of drug-likeness (QED) is 0.475. The molecule has 1 saturated carbocycles. The van der Waals surface area contributed by atoms with Crippen LogP contribution < -0.4 is 5.73 Å². The third kappa shape index (κ3) is 3.63. The second kappa shape index (κ2) is 6.55. The molecule has 1 aliphatic carbocycles. The van der Waals surface area contributed by atoms with Gasteiger partial charge >= 0.3 is 0 Å². The third-order valence-electron chi connectivity index (χ3n) is 4.33. The minimum Gasteiger partial charge on any atom is -0.506 e. The first kappa shape index (κ1) is 17.0. The number of aliphatic hydroxyl groups is 1. The fourth-order valence-electron chi connectivity index (χ4n) is 3.13. The van der Waals surface area contributed by atoms with Crippen LogP contribution in [-0.4, -0.2) is 16.6 Å². The van der Waals surface area contributed by atoms with Gasteiger partial charge in [0, 0.05) is 12.0 Å². The number of anilines is 1. The van der Waals surface area contributed by atoms with E-state index in [9.17, 15) is 9.90 Å². The number of allylic oxidation sites excluding steroid dienone is 1. The van der Waals surface area contributed by atoms with Crippen molar-refractivity contribution in [1.82, 2.24) is 0 Å². The topological polar surface area (TPSA) is 75.7 Å². The zero-order chi connectivity index (χ0) is 18.0. The summed E-state index contributed by atoms with van der Waals surface area (Å²) in [6.07, 6.45) is 0.974. The molecule has 25 heavy (non-hydrogen) atoms. The minimum atomic E-state index is -0.208. The molecule has 1 aliphatic rings. The normalized spacial score (nSPS) is 20.6. The van der Waals surface area contributed by atoms with E-state index in [4.69, 9.17) is 5.73 Å². The van der Waals surface area contributed by atoms with Crippen molar-refractivity contribution >= 4 is 28.6 Å². The lowest BCUT2D eigenvalue weighted by molar-refractivity contribution is -0.117. The first-order valence-corrected chi connectivity index (χ1v) is 8.32. The number of rotatable bonds is 2. The molecule has 0 aliphatic heterocycles. The van der Waals surface area contributed by atoms with Gasteiger partial charge < -0.3 is 10.8 Å². The molecule has 128 valence electrons. The summed E-state index contributed by atoms with van der Waals surface area (Å²) < 4.78 is 0. The van der Waals surface area contributed by atoms with Crippen LogP contribution in [0.3, 0.4) is 0 Å². The number of aliphatic hydroxyl groups excluding tert-OH is 1. The predicted molar refractivity (Wildman–Crippen MR) is 102 cm³/mol. The zero-order valence-electron chi connectivity index (χ0n) is 14.5. The lowest BCUT2D eigenvalue weighted by Gasteiger charge is -2.31. The SMILES string of the molecule is CC1(C)CC(=O)C(=C(O)c2ccccc2)C(=Nc2ccccc2N)C1. The Kier molecular flexibility index (Phi) is 4.45. The van der Waals surface area contributed by atoms with Gasteiger partial charge in [-0.15, -0.1) is 0 Å². The molecule has 0 spiro atoms. The average Bonchev–Trinajstić information content (AvgIpc) is 2.56. The van der Waals surface area contributed by atoms with Gasteiger partial charge in [-0.3, -0.25) is 9.79 Å².